The summed E-state index contributed by atoms with van der Waals surface area (Å²) in [5, 5.41) is 4.97. The summed E-state index contributed by atoms with van der Waals surface area (Å²) in [4.78, 5) is 2.43. The Balaban J connectivity index is 1.02. The molecule has 310 valence electrons. The van der Waals surface area contributed by atoms with Crippen LogP contribution in [0.3, 0.4) is 0 Å². The minimum Gasteiger partial charge on any atom is -0.310 e. The molecule has 0 spiro atoms. The van der Waals surface area contributed by atoms with Gasteiger partial charge in [0, 0.05) is 33.3 Å². The summed E-state index contributed by atoms with van der Waals surface area (Å²) in [6, 6.07) is 96.9. The maximum atomic E-state index is 2.43. The molecule has 12 aromatic rings. The second-order valence-corrected chi connectivity index (χ2v) is 16.9. The van der Waals surface area contributed by atoms with Crippen LogP contribution in [0.5, 0.6) is 0 Å². The molecule has 0 unspecified atom stereocenters. The van der Waals surface area contributed by atoms with Crippen molar-refractivity contribution in [1.82, 2.24) is 4.57 Å². The molecule has 0 saturated heterocycles. The van der Waals surface area contributed by atoms with Crippen molar-refractivity contribution in [1.29, 1.82) is 0 Å². The van der Waals surface area contributed by atoms with Crippen molar-refractivity contribution in [3.63, 3.8) is 0 Å². The van der Waals surface area contributed by atoms with Crippen molar-refractivity contribution in [2.45, 2.75) is 0 Å². The van der Waals surface area contributed by atoms with Crippen molar-refractivity contribution in [2.75, 3.05) is 4.90 Å². The van der Waals surface area contributed by atoms with Crippen LogP contribution < -0.4 is 4.90 Å². The number of fused-ring (bicyclic) bond motifs is 4. The Labute approximate surface area is 385 Å². The largest absolute Gasteiger partial charge is 0.310 e. The molecule has 0 aliphatic carbocycles. The van der Waals surface area contributed by atoms with Gasteiger partial charge in [0.05, 0.1) is 22.4 Å². The second-order valence-electron chi connectivity index (χ2n) is 16.9. The Bertz CT molecular complexity index is 3660. The lowest BCUT2D eigenvalue weighted by atomic mass is 9.88. The van der Waals surface area contributed by atoms with Crippen molar-refractivity contribution < 1.29 is 0 Å². The zero-order valence-electron chi connectivity index (χ0n) is 36.3. The summed E-state index contributed by atoms with van der Waals surface area (Å²) in [6.45, 7) is 0. The molecule has 0 bridgehead atoms. The van der Waals surface area contributed by atoms with Crippen LogP contribution >= 0.6 is 0 Å². The molecule has 2 heteroatoms. The highest BCUT2D eigenvalue weighted by Crippen LogP contribution is 2.46. The maximum Gasteiger partial charge on any atom is 0.0541 e. The number of benzene rings is 11. The molecule has 1 heterocycles. The summed E-state index contributed by atoms with van der Waals surface area (Å²) < 4.78 is 2.42. The van der Waals surface area contributed by atoms with Crippen LogP contribution in [0.25, 0.3) is 93.9 Å². The van der Waals surface area contributed by atoms with Crippen molar-refractivity contribution in [3.8, 4) is 61.3 Å². The van der Waals surface area contributed by atoms with E-state index in [4.69, 9.17) is 0 Å². The molecule has 0 fully saturated rings. The molecule has 0 atom stereocenters. The van der Waals surface area contributed by atoms with Crippen molar-refractivity contribution in [2.24, 2.45) is 0 Å². The summed E-state index contributed by atoms with van der Waals surface area (Å²) in [6.07, 6.45) is 0. The third-order valence-electron chi connectivity index (χ3n) is 13.0. The van der Waals surface area contributed by atoms with E-state index in [1.54, 1.807) is 0 Å². The molecule has 0 aliphatic rings. The Morgan fingerprint density at radius 1 is 0.258 bits per heavy atom. The average Bonchev–Trinajstić information content (AvgIpc) is 3.73. The van der Waals surface area contributed by atoms with Gasteiger partial charge < -0.3 is 9.47 Å². The van der Waals surface area contributed by atoms with E-state index >= 15 is 0 Å². The summed E-state index contributed by atoms with van der Waals surface area (Å²) in [7, 11) is 0. The van der Waals surface area contributed by atoms with Gasteiger partial charge >= 0.3 is 0 Å². The van der Waals surface area contributed by atoms with Gasteiger partial charge in [-0.1, -0.05) is 212 Å². The summed E-state index contributed by atoms with van der Waals surface area (Å²) in [5.41, 5.74) is 18.6. The fourth-order valence-electron chi connectivity index (χ4n) is 9.94. The lowest BCUT2D eigenvalue weighted by Gasteiger charge is -2.29. The number of anilines is 3. The molecule has 1 aromatic heterocycles. The monoisotopic (exact) mass is 840 g/mol. The first-order chi connectivity index (χ1) is 32.8. The molecule has 0 saturated carbocycles. The predicted octanol–water partition coefficient (Wildman–Crippen LogP) is 17.7. The highest BCUT2D eigenvalue weighted by molar-refractivity contribution is 6.10. The van der Waals surface area contributed by atoms with E-state index in [9.17, 15) is 0 Å². The van der Waals surface area contributed by atoms with Gasteiger partial charge in [-0.25, -0.2) is 0 Å². The topological polar surface area (TPSA) is 8.17 Å². The normalized spacial score (nSPS) is 11.3. The van der Waals surface area contributed by atoms with Crippen LogP contribution in [0, 0.1) is 0 Å². The Kier molecular flexibility index (Phi) is 9.89. The number of hydrogen-bond acceptors (Lipinski definition) is 1. The number of hydrogen-bond donors (Lipinski definition) is 0. The Morgan fingerprint density at radius 2 is 0.742 bits per heavy atom. The zero-order valence-corrected chi connectivity index (χ0v) is 36.3. The van der Waals surface area contributed by atoms with Gasteiger partial charge in [-0.15, -0.1) is 0 Å². The fraction of sp³-hybridized carbons (Fsp3) is 0. The zero-order chi connectivity index (χ0) is 43.8. The fourth-order valence-corrected chi connectivity index (χ4v) is 9.94. The molecular weight excluding hydrogens is 797 g/mol. The van der Waals surface area contributed by atoms with E-state index in [0.717, 1.165) is 39.4 Å². The van der Waals surface area contributed by atoms with E-state index in [1.807, 2.05) is 0 Å². The van der Waals surface area contributed by atoms with Gasteiger partial charge in [-0.2, -0.15) is 0 Å². The average molecular weight is 841 g/mol. The highest BCUT2D eigenvalue weighted by Gasteiger charge is 2.22. The third-order valence-corrected chi connectivity index (χ3v) is 13.0. The summed E-state index contributed by atoms with van der Waals surface area (Å²) in [5.74, 6) is 0. The van der Waals surface area contributed by atoms with Gasteiger partial charge in [0.25, 0.3) is 0 Å². The number of aromatic nitrogens is 1. The van der Waals surface area contributed by atoms with E-state index in [1.165, 1.54) is 71.5 Å². The summed E-state index contributed by atoms with van der Waals surface area (Å²) >= 11 is 0. The van der Waals surface area contributed by atoms with Crippen LogP contribution in [0.2, 0.25) is 0 Å². The molecule has 0 N–H and O–H groups in total. The minimum atomic E-state index is 1.07. The van der Waals surface area contributed by atoms with E-state index < -0.39 is 0 Å². The van der Waals surface area contributed by atoms with Crippen LogP contribution in [0.15, 0.2) is 267 Å². The number of para-hydroxylation sites is 4. The molecule has 0 aliphatic heterocycles. The highest BCUT2D eigenvalue weighted by atomic mass is 15.1. The van der Waals surface area contributed by atoms with E-state index in [2.05, 4.69) is 276 Å². The van der Waals surface area contributed by atoms with Gasteiger partial charge in [0.1, 0.15) is 0 Å². The lowest BCUT2D eigenvalue weighted by Crippen LogP contribution is -2.11. The lowest BCUT2D eigenvalue weighted by molar-refractivity contribution is 1.18. The molecule has 2 nitrogen and oxygen atoms in total. The molecule has 66 heavy (non-hydrogen) atoms. The van der Waals surface area contributed by atoms with Gasteiger partial charge in [0.15, 0.2) is 0 Å². The first-order valence-electron chi connectivity index (χ1n) is 22.7. The van der Waals surface area contributed by atoms with Crippen LogP contribution in [0.4, 0.5) is 17.1 Å². The van der Waals surface area contributed by atoms with Gasteiger partial charge in [0.2, 0.25) is 0 Å². The predicted molar refractivity (Wildman–Crippen MR) is 280 cm³/mol. The number of rotatable bonds is 9. The first-order valence-corrected chi connectivity index (χ1v) is 22.7. The molecular formula is C64H44N2. The minimum absolute atomic E-state index is 1.07. The standard InChI is InChI=1S/C64H44N2/c1-2-20-46(21-3-1)53-25-6-7-27-55(53)56-28-8-9-29-57(56)58-30-11-15-34-62(58)65(52-24-18-23-49(44-52)50-38-37-45-19-4-5-22-48(45)43-50)51-41-39-47(40-42-51)54-26-10-14-33-61(54)66-63-35-16-12-31-59(63)60-32-13-17-36-64(60)66/h1-44H. The molecule has 0 amide bonds. The molecule has 11 aromatic carbocycles. The Morgan fingerprint density at radius 3 is 1.47 bits per heavy atom. The van der Waals surface area contributed by atoms with Crippen LogP contribution in [0.1, 0.15) is 0 Å². The SMILES string of the molecule is c1ccc(-c2ccccc2-c2ccccc2-c2ccccc2N(c2ccc(-c3ccccc3-n3c4ccccc4c4ccccc43)cc2)c2cccc(-c3ccc4ccccc4c3)c2)cc1. The molecule has 12 rings (SSSR count). The van der Waals surface area contributed by atoms with Gasteiger partial charge in [-0.05, 0) is 110 Å². The van der Waals surface area contributed by atoms with Crippen LogP contribution in [-0.4, -0.2) is 4.57 Å². The van der Waals surface area contributed by atoms with Crippen molar-refractivity contribution in [3.05, 3.63) is 267 Å². The number of nitrogens with zero attached hydrogens (tertiary/aromatic N) is 2. The second kappa shape index (κ2) is 16.8. The smallest absolute Gasteiger partial charge is 0.0541 e. The van der Waals surface area contributed by atoms with Gasteiger partial charge in [-0.3, -0.25) is 0 Å². The maximum absolute atomic E-state index is 2.43. The molecule has 0 radical (unpaired) electrons. The van der Waals surface area contributed by atoms with E-state index in [-0.39, 0.29) is 0 Å². The Hall–Kier alpha value is -8.72. The first kappa shape index (κ1) is 38.9. The van der Waals surface area contributed by atoms with E-state index in [0.29, 0.717) is 0 Å². The van der Waals surface area contributed by atoms with Crippen LogP contribution in [-0.2, 0) is 0 Å². The third kappa shape index (κ3) is 6.93. The van der Waals surface area contributed by atoms with Crippen molar-refractivity contribution >= 4 is 49.6 Å². The quantitative estimate of drug-likeness (QED) is 0.141.